The Labute approximate surface area is 158 Å². The van der Waals surface area contributed by atoms with E-state index in [-0.39, 0.29) is 0 Å². The van der Waals surface area contributed by atoms with E-state index in [4.69, 9.17) is 19.3 Å². The Kier molecular flexibility index (Phi) is 11.7. The van der Waals surface area contributed by atoms with Crippen molar-refractivity contribution in [2.75, 3.05) is 0 Å². The molecule has 0 saturated heterocycles. The molecule has 4 N–H and O–H groups in total. The van der Waals surface area contributed by atoms with Crippen LogP contribution in [0.3, 0.4) is 0 Å². The maximum Gasteiger partial charge on any atom is 0.416 e. The van der Waals surface area contributed by atoms with Gasteiger partial charge in [0.15, 0.2) is 0 Å². The van der Waals surface area contributed by atoms with E-state index in [0.717, 1.165) is 0 Å². The molecule has 0 aliphatic heterocycles. The fourth-order valence-electron chi connectivity index (χ4n) is 1.05. The van der Waals surface area contributed by atoms with Gasteiger partial charge in [0, 0.05) is 0 Å². The Morgan fingerprint density at radius 2 is 0.633 bits per heavy atom. The van der Waals surface area contributed by atoms with E-state index in [0.29, 0.717) is 0 Å². The van der Waals surface area contributed by atoms with Gasteiger partial charge in [-0.2, -0.15) is 69.5 Å². The van der Waals surface area contributed by atoms with Crippen LogP contribution in [0.15, 0.2) is 0 Å². The highest BCUT2D eigenvalue weighted by Crippen LogP contribution is 2.38. The van der Waals surface area contributed by atoms with Gasteiger partial charge in [-0.1, -0.05) is 0 Å². The lowest BCUT2D eigenvalue weighted by molar-refractivity contribution is -0.229. The van der Waals surface area contributed by atoms with E-state index < -0.39 is 61.7 Å². The lowest BCUT2D eigenvalue weighted by Gasteiger charge is -2.19. The summed E-state index contributed by atoms with van der Waals surface area (Å²) in [5.74, 6) is 0. The number of halogens is 12. The summed E-state index contributed by atoms with van der Waals surface area (Å²) in [6.07, 6.45) is -25.5. The zero-order valence-corrected chi connectivity index (χ0v) is 15.1. The first kappa shape index (κ1) is 33.5. The minimum atomic E-state index is -6.23. The Morgan fingerprint density at radius 3 is 0.633 bits per heavy atom. The average molecular weight is 526 g/mol. The Hall–Kier alpha value is -1.10. The standard InChI is InChI=1S/2C3H2F6O3S.C2H6O2/c2*4-2(5,6)1(3(7,8)9)13(10,11)12;1-2(3)4/h2*1H,(H,10,11,12);2-4H,1H3. The molecule has 22 heteroatoms. The summed E-state index contributed by atoms with van der Waals surface area (Å²) < 4.78 is 192. The van der Waals surface area contributed by atoms with Gasteiger partial charge in [0.2, 0.25) is 0 Å². The van der Waals surface area contributed by atoms with Crippen molar-refractivity contribution >= 4 is 20.2 Å². The van der Waals surface area contributed by atoms with Crippen LogP contribution in [0.1, 0.15) is 6.92 Å². The van der Waals surface area contributed by atoms with Gasteiger partial charge >= 0.3 is 24.7 Å². The molecule has 0 atom stereocenters. The van der Waals surface area contributed by atoms with Gasteiger partial charge in [-0.25, -0.2) is 0 Å². The summed E-state index contributed by atoms with van der Waals surface area (Å²) in [7, 11) is -12.5. The average Bonchev–Trinajstić information content (AvgIpc) is 2.11. The minimum absolute atomic E-state index is 1.17. The molecule has 0 fully saturated rings. The molecule has 0 spiro atoms. The summed E-state index contributed by atoms with van der Waals surface area (Å²) in [5, 5.41) is 5.74. The van der Waals surface area contributed by atoms with Crippen molar-refractivity contribution in [1.82, 2.24) is 0 Å². The molecule has 0 aliphatic carbocycles. The van der Waals surface area contributed by atoms with E-state index in [1.807, 2.05) is 0 Å². The first-order chi connectivity index (χ1) is 12.5. The lowest BCUT2D eigenvalue weighted by atomic mass is 10.4. The molecule has 0 saturated carbocycles. The second kappa shape index (κ2) is 10.5. The van der Waals surface area contributed by atoms with Crippen LogP contribution in [0.5, 0.6) is 0 Å². The molecule has 0 aromatic carbocycles. The third-order valence-electron chi connectivity index (χ3n) is 1.78. The molecule has 0 rings (SSSR count). The third-order valence-corrected chi connectivity index (χ3v) is 4.05. The first-order valence-corrected chi connectivity index (χ1v) is 9.03. The summed E-state index contributed by atoms with van der Waals surface area (Å²) >= 11 is 0. The normalized spacial score (nSPS) is 14.3. The van der Waals surface area contributed by atoms with Crippen molar-refractivity contribution in [3.63, 3.8) is 0 Å². The molecule has 0 bridgehead atoms. The van der Waals surface area contributed by atoms with Gasteiger partial charge in [0.25, 0.3) is 30.7 Å². The van der Waals surface area contributed by atoms with Crippen LogP contribution in [0.4, 0.5) is 52.7 Å². The number of aliphatic hydroxyl groups is 2. The molecule has 186 valence electrons. The number of alkyl halides is 12. The zero-order valence-electron chi connectivity index (χ0n) is 13.5. The van der Waals surface area contributed by atoms with Gasteiger partial charge in [0.05, 0.1) is 0 Å². The highest BCUT2D eigenvalue weighted by atomic mass is 32.2. The van der Waals surface area contributed by atoms with E-state index in [2.05, 4.69) is 0 Å². The molecule has 0 aliphatic rings. The van der Waals surface area contributed by atoms with Gasteiger partial charge in [0.1, 0.15) is 6.29 Å². The predicted molar refractivity (Wildman–Crippen MR) is 68.8 cm³/mol. The number of rotatable bonds is 2. The number of hydrogen-bond acceptors (Lipinski definition) is 6. The molecule has 0 unspecified atom stereocenters. The van der Waals surface area contributed by atoms with Crippen molar-refractivity contribution in [2.45, 2.75) is 48.4 Å². The van der Waals surface area contributed by atoms with Gasteiger partial charge < -0.3 is 10.2 Å². The third kappa shape index (κ3) is 14.8. The predicted octanol–water partition coefficient (Wildman–Crippen LogP) is 2.05. The number of aliphatic hydroxyl groups excluding tert-OH is 1. The Bertz CT molecular complexity index is 625. The van der Waals surface area contributed by atoms with E-state index in [9.17, 15) is 69.5 Å². The molecular formula is C8H10F12O8S2. The first-order valence-electron chi connectivity index (χ1n) is 6.02. The molecule has 0 heterocycles. The van der Waals surface area contributed by atoms with Crippen LogP contribution < -0.4 is 0 Å². The van der Waals surface area contributed by atoms with Gasteiger partial charge in [-0.05, 0) is 6.92 Å². The Balaban J connectivity index is -0.000000412. The Morgan fingerprint density at radius 1 is 0.533 bits per heavy atom. The van der Waals surface area contributed by atoms with Crippen molar-refractivity contribution in [3.05, 3.63) is 0 Å². The monoisotopic (exact) mass is 526 g/mol. The SMILES string of the molecule is CC(O)O.O=S(=O)(O)C(C(F)(F)F)C(F)(F)F.O=S(=O)(O)C(C(F)(F)F)C(F)(F)F. The quantitative estimate of drug-likeness (QED) is 0.243. The summed E-state index contributed by atoms with van der Waals surface area (Å²) in [5.41, 5.74) is 0. The van der Waals surface area contributed by atoms with Crippen molar-refractivity contribution < 1.29 is 88.8 Å². The van der Waals surface area contributed by atoms with Gasteiger partial charge in [-0.15, -0.1) is 0 Å². The molecule has 30 heavy (non-hydrogen) atoms. The van der Waals surface area contributed by atoms with E-state index in [1.54, 1.807) is 0 Å². The highest BCUT2D eigenvalue weighted by molar-refractivity contribution is 7.86. The topological polar surface area (TPSA) is 149 Å². The molecular weight excluding hydrogens is 516 g/mol. The lowest BCUT2D eigenvalue weighted by Crippen LogP contribution is -2.47. The fraction of sp³-hybridized carbons (Fsp3) is 1.00. The summed E-state index contributed by atoms with van der Waals surface area (Å²) in [6.45, 7) is 1.28. The molecule has 8 nitrogen and oxygen atoms in total. The van der Waals surface area contributed by atoms with Crippen molar-refractivity contribution in [2.24, 2.45) is 0 Å². The van der Waals surface area contributed by atoms with Crippen molar-refractivity contribution in [3.8, 4) is 0 Å². The fourth-order valence-corrected chi connectivity index (χ4v) is 2.40. The van der Waals surface area contributed by atoms with E-state index in [1.165, 1.54) is 6.92 Å². The molecule has 0 aromatic heterocycles. The maximum absolute atomic E-state index is 11.5. The second-order valence-corrected chi connectivity index (χ2v) is 7.59. The minimum Gasteiger partial charge on any atom is -0.368 e. The van der Waals surface area contributed by atoms with Crippen molar-refractivity contribution in [1.29, 1.82) is 0 Å². The van der Waals surface area contributed by atoms with E-state index >= 15 is 0 Å². The van der Waals surface area contributed by atoms with Crippen LogP contribution in [0.2, 0.25) is 0 Å². The van der Waals surface area contributed by atoms with Crippen LogP contribution in [0.25, 0.3) is 0 Å². The van der Waals surface area contributed by atoms with Crippen LogP contribution >= 0.6 is 0 Å². The summed E-state index contributed by atoms with van der Waals surface area (Å²) in [6, 6.07) is 0. The highest BCUT2D eigenvalue weighted by Gasteiger charge is 2.65. The van der Waals surface area contributed by atoms with Gasteiger partial charge in [-0.3, -0.25) is 9.11 Å². The molecule has 0 aromatic rings. The van der Waals surface area contributed by atoms with Crippen LogP contribution in [-0.2, 0) is 20.2 Å². The van der Waals surface area contributed by atoms with Crippen LogP contribution in [0, 0.1) is 0 Å². The van der Waals surface area contributed by atoms with Crippen LogP contribution in [-0.4, -0.2) is 77.6 Å². The molecule has 0 radical (unpaired) electrons. The molecule has 0 amide bonds. The second-order valence-electron chi connectivity index (χ2n) is 4.59. The zero-order chi connectivity index (χ0) is 25.7. The maximum atomic E-state index is 11.5. The summed E-state index contributed by atoms with van der Waals surface area (Å²) in [4.78, 5) is 0. The largest absolute Gasteiger partial charge is 0.416 e. The smallest absolute Gasteiger partial charge is 0.368 e. The number of hydrogen-bond donors (Lipinski definition) is 4.